The van der Waals surface area contributed by atoms with Crippen molar-refractivity contribution in [2.45, 2.75) is 408 Å². The Balaban J connectivity index is 5.25. The van der Waals surface area contributed by atoms with Crippen LogP contribution in [0.4, 0.5) is 0 Å². The van der Waals surface area contributed by atoms with Crippen molar-refractivity contribution in [1.82, 2.24) is 0 Å². The minimum Gasteiger partial charge on any atom is -0.462 e. The van der Waals surface area contributed by atoms with Crippen LogP contribution in [0.1, 0.15) is 389 Å². The van der Waals surface area contributed by atoms with Gasteiger partial charge in [0.2, 0.25) is 0 Å². The van der Waals surface area contributed by atoms with E-state index in [9.17, 15) is 43.2 Å². The van der Waals surface area contributed by atoms with Gasteiger partial charge < -0.3 is 33.8 Å². The summed E-state index contributed by atoms with van der Waals surface area (Å²) >= 11 is 0. The summed E-state index contributed by atoms with van der Waals surface area (Å²) in [7, 11) is -9.91. The zero-order chi connectivity index (χ0) is 71.0. The van der Waals surface area contributed by atoms with Crippen molar-refractivity contribution in [1.29, 1.82) is 0 Å². The Labute approximate surface area is 588 Å². The summed E-state index contributed by atoms with van der Waals surface area (Å²) in [6.45, 7) is 14.2. The first-order valence-electron chi connectivity index (χ1n) is 39.7. The van der Waals surface area contributed by atoms with E-state index in [-0.39, 0.29) is 25.7 Å². The molecule has 0 aromatic rings. The highest BCUT2D eigenvalue weighted by atomic mass is 31.2. The lowest BCUT2D eigenvalue weighted by atomic mass is 9.99. The molecule has 0 radical (unpaired) electrons. The number of aliphatic hydroxyl groups excluding tert-OH is 1. The average molecular weight is 1410 g/mol. The Hall–Kier alpha value is -1.94. The van der Waals surface area contributed by atoms with Gasteiger partial charge in [-0.25, -0.2) is 9.13 Å². The summed E-state index contributed by atoms with van der Waals surface area (Å²) in [6, 6.07) is 0. The Morgan fingerprint density at radius 2 is 0.500 bits per heavy atom. The summed E-state index contributed by atoms with van der Waals surface area (Å²) < 4.78 is 68.6. The van der Waals surface area contributed by atoms with Crippen LogP contribution in [0.2, 0.25) is 0 Å². The number of rotatable bonds is 74. The number of phosphoric acid groups is 2. The molecule has 3 N–H and O–H groups in total. The third-order valence-corrected chi connectivity index (χ3v) is 20.1. The summed E-state index contributed by atoms with van der Waals surface area (Å²) in [4.78, 5) is 72.8. The fourth-order valence-corrected chi connectivity index (χ4v) is 13.3. The van der Waals surface area contributed by atoms with E-state index in [0.29, 0.717) is 31.6 Å². The average Bonchev–Trinajstić information content (AvgIpc) is 1.09. The van der Waals surface area contributed by atoms with Crippen molar-refractivity contribution >= 4 is 39.5 Å². The maximum atomic E-state index is 13.1. The number of ether oxygens (including phenoxy) is 4. The number of hydrogen-bond acceptors (Lipinski definition) is 15. The molecule has 0 aromatic carbocycles. The van der Waals surface area contributed by atoms with E-state index in [1.165, 1.54) is 186 Å². The molecule has 4 unspecified atom stereocenters. The largest absolute Gasteiger partial charge is 0.472 e. The number of unbranched alkanes of at least 4 members (excludes halogenated alkanes) is 39. The lowest BCUT2D eigenvalue weighted by Gasteiger charge is -2.21. The highest BCUT2D eigenvalue weighted by Crippen LogP contribution is 2.45. The van der Waals surface area contributed by atoms with Crippen molar-refractivity contribution in [2.24, 2.45) is 23.7 Å². The van der Waals surface area contributed by atoms with Gasteiger partial charge in [0.1, 0.15) is 19.3 Å². The van der Waals surface area contributed by atoms with Crippen LogP contribution in [-0.2, 0) is 65.4 Å². The standard InChI is InChI=1S/C77H150O17P2/c1-9-70(8)56-48-40-32-24-19-21-25-33-41-49-57-74(79)87-63-72(93-76(81)59-51-43-34-26-17-15-13-11-10-12-14-16-22-29-37-45-53-67(2)3)65-91-95(83,84)89-61-71(78)62-90-96(85,86)92-66-73(64-88-75(80)58-50-42-36-28-31-39-47-55-69(6)7)94-77(82)60-52-44-35-27-20-18-23-30-38-46-54-68(4)5/h67-73,78H,9-66H2,1-8H3,(H,83,84)(H,85,86)/t70?,71?,72-,73-/m1/s1. The molecule has 96 heavy (non-hydrogen) atoms. The van der Waals surface area contributed by atoms with Gasteiger partial charge in [0.25, 0.3) is 0 Å². The number of carbonyl (C=O) groups excluding carboxylic acids is 4. The van der Waals surface area contributed by atoms with Crippen LogP contribution in [0.5, 0.6) is 0 Å². The molecule has 0 aromatic heterocycles. The van der Waals surface area contributed by atoms with Gasteiger partial charge in [-0.2, -0.15) is 0 Å². The van der Waals surface area contributed by atoms with Crippen molar-refractivity contribution in [3.63, 3.8) is 0 Å². The minimum absolute atomic E-state index is 0.105. The molecule has 570 valence electrons. The van der Waals surface area contributed by atoms with Crippen LogP contribution in [0.25, 0.3) is 0 Å². The molecule has 0 amide bonds. The van der Waals surface area contributed by atoms with Gasteiger partial charge >= 0.3 is 39.5 Å². The van der Waals surface area contributed by atoms with Crippen molar-refractivity contribution < 1.29 is 80.2 Å². The second kappa shape index (κ2) is 66.3. The number of esters is 4. The fourth-order valence-electron chi connectivity index (χ4n) is 11.7. The molecule has 0 aliphatic carbocycles. The van der Waals surface area contributed by atoms with Crippen LogP contribution < -0.4 is 0 Å². The third-order valence-electron chi connectivity index (χ3n) is 18.2. The molecule has 17 nitrogen and oxygen atoms in total. The molecular formula is C77H150O17P2. The molecule has 0 spiro atoms. The van der Waals surface area contributed by atoms with E-state index in [1.54, 1.807) is 0 Å². The van der Waals surface area contributed by atoms with E-state index in [1.807, 2.05) is 0 Å². The van der Waals surface area contributed by atoms with E-state index < -0.39 is 97.5 Å². The fraction of sp³-hybridized carbons (Fsp3) is 0.948. The summed E-state index contributed by atoms with van der Waals surface area (Å²) in [5, 5.41) is 10.6. The molecule has 6 atom stereocenters. The monoisotopic (exact) mass is 1410 g/mol. The first kappa shape index (κ1) is 94.1. The predicted molar refractivity (Wildman–Crippen MR) is 391 cm³/mol. The van der Waals surface area contributed by atoms with Gasteiger partial charge in [-0.1, -0.05) is 338 Å². The smallest absolute Gasteiger partial charge is 0.462 e. The van der Waals surface area contributed by atoms with Crippen molar-refractivity contribution in [3.8, 4) is 0 Å². The molecule has 0 rings (SSSR count). The molecular weight excluding hydrogens is 1260 g/mol. The van der Waals surface area contributed by atoms with Gasteiger partial charge in [0.05, 0.1) is 26.4 Å². The van der Waals surface area contributed by atoms with E-state index in [2.05, 4.69) is 55.4 Å². The van der Waals surface area contributed by atoms with Gasteiger partial charge in [0.15, 0.2) is 12.2 Å². The normalized spacial score (nSPS) is 14.4. The number of carbonyl (C=O) groups is 4. The Bertz CT molecular complexity index is 1890. The molecule has 0 fully saturated rings. The Kier molecular flexibility index (Phi) is 65.0. The first-order chi connectivity index (χ1) is 46.1. The van der Waals surface area contributed by atoms with Crippen molar-refractivity contribution in [2.75, 3.05) is 39.6 Å². The highest BCUT2D eigenvalue weighted by molar-refractivity contribution is 7.47. The summed E-state index contributed by atoms with van der Waals surface area (Å²) in [5.41, 5.74) is 0. The van der Waals surface area contributed by atoms with Crippen LogP contribution in [0, 0.1) is 23.7 Å². The quantitative estimate of drug-likeness (QED) is 0.0222. The Morgan fingerprint density at radius 3 is 0.740 bits per heavy atom. The number of aliphatic hydroxyl groups is 1. The topological polar surface area (TPSA) is 237 Å². The van der Waals surface area contributed by atoms with Crippen LogP contribution in [0.3, 0.4) is 0 Å². The van der Waals surface area contributed by atoms with Crippen molar-refractivity contribution in [3.05, 3.63) is 0 Å². The van der Waals surface area contributed by atoms with E-state index >= 15 is 0 Å². The van der Waals surface area contributed by atoms with E-state index in [0.717, 1.165) is 114 Å². The zero-order valence-corrected chi connectivity index (χ0v) is 64.8. The predicted octanol–water partition coefficient (Wildman–Crippen LogP) is 22.4. The zero-order valence-electron chi connectivity index (χ0n) is 63.0. The third kappa shape index (κ3) is 69.2. The van der Waals surface area contributed by atoms with Gasteiger partial charge in [-0.3, -0.25) is 37.3 Å². The maximum Gasteiger partial charge on any atom is 0.472 e. The second-order valence-electron chi connectivity index (χ2n) is 29.4. The lowest BCUT2D eigenvalue weighted by Crippen LogP contribution is -2.30. The second-order valence-corrected chi connectivity index (χ2v) is 32.3. The molecule has 0 heterocycles. The summed E-state index contributed by atoms with van der Waals surface area (Å²) in [6.07, 6.45) is 51.4. The summed E-state index contributed by atoms with van der Waals surface area (Å²) in [5.74, 6) is 0.956. The number of hydrogen-bond donors (Lipinski definition) is 3. The van der Waals surface area contributed by atoms with Gasteiger partial charge in [-0.05, 0) is 49.4 Å². The minimum atomic E-state index is -4.96. The van der Waals surface area contributed by atoms with Gasteiger partial charge in [-0.15, -0.1) is 0 Å². The Morgan fingerprint density at radius 1 is 0.292 bits per heavy atom. The van der Waals surface area contributed by atoms with Crippen LogP contribution >= 0.6 is 15.6 Å². The number of phosphoric ester groups is 2. The highest BCUT2D eigenvalue weighted by Gasteiger charge is 2.30. The maximum absolute atomic E-state index is 13.1. The molecule has 0 aliphatic heterocycles. The molecule has 0 bridgehead atoms. The lowest BCUT2D eigenvalue weighted by molar-refractivity contribution is -0.161. The molecule has 0 aliphatic rings. The first-order valence-corrected chi connectivity index (χ1v) is 42.7. The molecule has 0 saturated carbocycles. The van der Waals surface area contributed by atoms with Crippen LogP contribution in [0.15, 0.2) is 0 Å². The SMILES string of the molecule is CCC(C)CCCCCCCCCCCCC(=O)OC[C@H](COP(=O)(O)OCC(O)COP(=O)(O)OC[C@@H](COC(=O)CCCCCCCCCC(C)C)OC(=O)CCCCCCCCCCCCC(C)C)OC(=O)CCCCCCCCCCCCCCCCCCC(C)C. The molecule has 0 saturated heterocycles. The van der Waals surface area contributed by atoms with Crippen LogP contribution in [-0.4, -0.2) is 96.7 Å². The molecule has 19 heteroatoms. The van der Waals surface area contributed by atoms with Gasteiger partial charge in [0, 0.05) is 25.7 Å². The van der Waals surface area contributed by atoms with E-state index in [4.69, 9.17) is 37.0 Å².